The quantitative estimate of drug-likeness (QED) is 0.864. The molecule has 132 valence electrons. The zero-order valence-electron chi connectivity index (χ0n) is 13.8. The van der Waals surface area contributed by atoms with Gasteiger partial charge in [0.25, 0.3) is 0 Å². The Morgan fingerprint density at radius 2 is 1.76 bits per heavy atom. The van der Waals surface area contributed by atoms with Crippen molar-refractivity contribution in [2.75, 3.05) is 42.9 Å². The first-order chi connectivity index (χ1) is 12.1. The van der Waals surface area contributed by atoms with E-state index in [0.717, 1.165) is 18.9 Å². The number of halogens is 2. The third-order valence-corrected chi connectivity index (χ3v) is 4.84. The van der Waals surface area contributed by atoms with Crippen LogP contribution in [0.2, 0.25) is 10.0 Å². The zero-order valence-corrected chi connectivity index (χ0v) is 15.3. The van der Waals surface area contributed by atoms with Crippen molar-refractivity contribution in [3.8, 4) is 0 Å². The lowest BCUT2D eigenvalue weighted by molar-refractivity contribution is -0.131. The van der Waals surface area contributed by atoms with Gasteiger partial charge in [0.15, 0.2) is 0 Å². The van der Waals surface area contributed by atoms with Gasteiger partial charge in [0.2, 0.25) is 5.91 Å². The number of piperazine rings is 1. The highest BCUT2D eigenvalue weighted by Gasteiger charge is 2.21. The molecule has 5 nitrogen and oxygen atoms in total. The van der Waals surface area contributed by atoms with E-state index in [1.807, 2.05) is 23.1 Å². The highest BCUT2D eigenvalue weighted by Crippen LogP contribution is 2.29. The summed E-state index contributed by atoms with van der Waals surface area (Å²) in [6.07, 6.45) is 2.20. The summed E-state index contributed by atoms with van der Waals surface area (Å²) in [5.74, 6) is 1.10. The number of nitrogens with one attached hydrogen (secondary N) is 1. The van der Waals surface area contributed by atoms with Crippen LogP contribution in [0.1, 0.15) is 6.42 Å². The summed E-state index contributed by atoms with van der Waals surface area (Å²) in [4.78, 5) is 20.8. The summed E-state index contributed by atoms with van der Waals surface area (Å²) in [5.41, 5.74) is 0.679. The third kappa shape index (κ3) is 4.55. The maximum Gasteiger partial charge on any atom is 0.224 e. The van der Waals surface area contributed by atoms with Crippen LogP contribution in [-0.2, 0) is 4.79 Å². The maximum atomic E-state index is 12.4. The SMILES string of the molecule is O=C(CCNc1c(Cl)cccc1Cl)N1CCN(c2ccccn2)CC1. The van der Waals surface area contributed by atoms with Gasteiger partial charge in [-0.25, -0.2) is 4.98 Å². The predicted molar refractivity (Wildman–Crippen MR) is 103 cm³/mol. The van der Waals surface area contributed by atoms with Crippen molar-refractivity contribution in [1.29, 1.82) is 0 Å². The molecule has 1 saturated heterocycles. The maximum absolute atomic E-state index is 12.4. The van der Waals surface area contributed by atoms with E-state index < -0.39 is 0 Å². The lowest BCUT2D eigenvalue weighted by Crippen LogP contribution is -2.49. The summed E-state index contributed by atoms with van der Waals surface area (Å²) in [6, 6.07) is 11.2. The van der Waals surface area contributed by atoms with Crippen LogP contribution in [0.25, 0.3) is 0 Å². The Morgan fingerprint density at radius 3 is 2.40 bits per heavy atom. The molecule has 1 N–H and O–H groups in total. The van der Waals surface area contributed by atoms with E-state index in [4.69, 9.17) is 23.2 Å². The fraction of sp³-hybridized carbons (Fsp3) is 0.333. The molecule has 2 heterocycles. The highest BCUT2D eigenvalue weighted by atomic mass is 35.5. The molecule has 0 unspecified atom stereocenters. The minimum atomic E-state index is 0.136. The molecular weight excluding hydrogens is 359 g/mol. The van der Waals surface area contributed by atoms with Crippen LogP contribution >= 0.6 is 23.2 Å². The van der Waals surface area contributed by atoms with E-state index in [1.54, 1.807) is 24.4 Å². The predicted octanol–water partition coefficient (Wildman–Crippen LogP) is 3.54. The number of anilines is 2. The van der Waals surface area contributed by atoms with Crippen LogP contribution in [0.3, 0.4) is 0 Å². The third-order valence-electron chi connectivity index (χ3n) is 4.21. The van der Waals surface area contributed by atoms with Crippen molar-refractivity contribution in [2.24, 2.45) is 0 Å². The van der Waals surface area contributed by atoms with E-state index in [2.05, 4.69) is 15.2 Å². The first kappa shape index (κ1) is 17.8. The Hall–Kier alpha value is -1.98. The monoisotopic (exact) mass is 378 g/mol. The Morgan fingerprint density at radius 1 is 1.04 bits per heavy atom. The molecule has 25 heavy (non-hydrogen) atoms. The van der Waals surface area contributed by atoms with Gasteiger partial charge in [-0.2, -0.15) is 0 Å². The second kappa shape index (κ2) is 8.41. The highest BCUT2D eigenvalue weighted by molar-refractivity contribution is 6.39. The molecule has 1 amide bonds. The van der Waals surface area contributed by atoms with Gasteiger partial charge in [-0.15, -0.1) is 0 Å². The first-order valence-corrected chi connectivity index (χ1v) is 9.02. The normalized spacial score (nSPS) is 14.5. The number of pyridine rings is 1. The molecule has 1 aliphatic heterocycles. The topological polar surface area (TPSA) is 48.5 Å². The number of nitrogens with zero attached hydrogens (tertiary/aromatic N) is 3. The lowest BCUT2D eigenvalue weighted by atomic mass is 10.2. The molecule has 2 aromatic rings. The van der Waals surface area contributed by atoms with Crippen LogP contribution in [-0.4, -0.2) is 48.5 Å². The van der Waals surface area contributed by atoms with Crippen molar-refractivity contribution in [2.45, 2.75) is 6.42 Å². The molecule has 1 aromatic carbocycles. The first-order valence-electron chi connectivity index (χ1n) is 8.27. The van der Waals surface area contributed by atoms with E-state index in [0.29, 0.717) is 41.8 Å². The van der Waals surface area contributed by atoms with Crippen LogP contribution in [0.4, 0.5) is 11.5 Å². The zero-order chi connectivity index (χ0) is 17.6. The van der Waals surface area contributed by atoms with Gasteiger partial charge >= 0.3 is 0 Å². The van der Waals surface area contributed by atoms with Gasteiger partial charge in [-0.3, -0.25) is 4.79 Å². The molecule has 1 aliphatic rings. The average molecular weight is 379 g/mol. The largest absolute Gasteiger partial charge is 0.382 e. The lowest BCUT2D eigenvalue weighted by Gasteiger charge is -2.35. The van der Waals surface area contributed by atoms with Crippen LogP contribution in [0.15, 0.2) is 42.6 Å². The number of hydrogen-bond donors (Lipinski definition) is 1. The standard InChI is InChI=1S/C18H20Cl2N4O/c19-14-4-3-5-15(20)18(14)22-9-7-17(25)24-12-10-23(11-13-24)16-6-1-2-8-21-16/h1-6,8,22H,7,9-13H2. The minimum Gasteiger partial charge on any atom is -0.382 e. The number of aromatic nitrogens is 1. The van der Waals surface area contributed by atoms with Gasteiger partial charge in [0.05, 0.1) is 15.7 Å². The van der Waals surface area contributed by atoms with Crippen molar-refractivity contribution < 1.29 is 4.79 Å². The van der Waals surface area contributed by atoms with Crippen molar-refractivity contribution in [3.63, 3.8) is 0 Å². The average Bonchev–Trinajstić information content (AvgIpc) is 2.65. The molecular formula is C18H20Cl2N4O. The van der Waals surface area contributed by atoms with Crippen molar-refractivity contribution in [3.05, 3.63) is 52.6 Å². The van der Waals surface area contributed by atoms with E-state index >= 15 is 0 Å². The molecule has 0 bridgehead atoms. The molecule has 0 atom stereocenters. The van der Waals surface area contributed by atoms with Crippen molar-refractivity contribution >= 4 is 40.6 Å². The minimum absolute atomic E-state index is 0.136. The van der Waals surface area contributed by atoms with Crippen LogP contribution < -0.4 is 10.2 Å². The fourth-order valence-corrected chi connectivity index (χ4v) is 3.38. The molecule has 0 aliphatic carbocycles. The van der Waals surface area contributed by atoms with Gasteiger partial charge in [-0.05, 0) is 24.3 Å². The Labute approximate surface area is 157 Å². The molecule has 0 radical (unpaired) electrons. The number of amides is 1. The Bertz CT molecular complexity index is 698. The number of rotatable bonds is 5. The molecule has 7 heteroatoms. The Kier molecular flexibility index (Phi) is 6.00. The molecule has 1 aromatic heterocycles. The van der Waals surface area contributed by atoms with Gasteiger partial charge in [0.1, 0.15) is 5.82 Å². The van der Waals surface area contributed by atoms with E-state index in [1.165, 1.54) is 0 Å². The Balaban J connectivity index is 1.45. The van der Waals surface area contributed by atoms with Gasteiger partial charge in [0, 0.05) is 45.3 Å². The molecule has 0 spiro atoms. The summed E-state index contributed by atoms with van der Waals surface area (Å²) < 4.78 is 0. The number of para-hydroxylation sites is 1. The number of benzene rings is 1. The molecule has 1 fully saturated rings. The number of hydrogen-bond acceptors (Lipinski definition) is 4. The fourth-order valence-electron chi connectivity index (χ4n) is 2.84. The summed E-state index contributed by atoms with van der Waals surface area (Å²) in [7, 11) is 0. The number of carbonyl (C=O) groups is 1. The smallest absolute Gasteiger partial charge is 0.224 e. The molecule has 3 rings (SSSR count). The van der Waals surface area contributed by atoms with Gasteiger partial charge in [-0.1, -0.05) is 35.3 Å². The van der Waals surface area contributed by atoms with E-state index in [-0.39, 0.29) is 5.91 Å². The van der Waals surface area contributed by atoms with Gasteiger partial charge < -0.3 is 15.1 Å². The van der Waals surface area contributed by atoms with E-state index in [9.17, 15) is 4.79 Å². The summed E-state index contributed by atoms with van der Waals surface area (Å²) in [6.45, 7) is 3.52. The van der Waals surface area contributed by atoms with Crippen LogP contribution in [0, 0.1) is 0 Å². The van der Waals surface area contributed by atoms with Crippen molar-refractivity contribution in [1.82, 2.24) is 9.88 Å². The summed E-state index contributed by atoms with van der Waals surface area (Å²) >= 11 is 12.2. The summed E-state index contributed by atoms with van der Waals surface area (Å²) in [5, 5.41) is 4.27. The number of carbonyl (C=O) groups excluding carboxylic acids is 1. The second-order valence-electron chi connectivity index (χ2n) is 5.83. The molecule has 0 saturated carbocycles. The van der Waals surface area contributed by atoms with Crippen LogP contribution in [0.5, 0.6) is 0 Å². The second-order valence-corrected chi connectivity index (χ2v) is 6.64.